The van der Waals surface area contributed by atoms with Crippen LogP contribution in [0.5, 0.6) is 0 Å². The van der Waals surface area contributed by atoms with Gasteiger partial charge in [-0.2, -0.15) is 11.8 Å². The number of esters is 1. The Morgan fingerprint density at radius 1 is 1.23 bits per heavy atom. The van der Waals surface area contributed by atoms with Crippen molar-refractivity contribution in [3.05, 3.63) is 76.1 Å². The molecule has 0 aliphatic rings. The number of carbonyl (C=O) groups is 1. The Labute approximate surface area is 155 Å². The van der Waals surface area contributed by atoms with Gasteiger partial charge in [-0.25, -0.2) is 4.98 Å². The molecule has 0 N–H and O–H groups in total. The standard InChI is InChI=1S/C19H19N3O3S/c1-14-5-6-17-21-16(10-18(23)22(17)11-14)12-25-19(24)7-9-26-13-15-4-2-3-8-20-15/h2-6,8,10-11H,7,9,12-13H2,1H3. The van der Waals surface area contributed by atoms with Crippen LogP contribution in [-0.4, -0.2) is 26.1 Å². The smallest absolute Gasteiger partial charge is 0.307 e. The Morgan fingerprint density at radius 2 is 2.12 bits per heavy atom. The van der Waals surface area contributed by atoms with Crippen molar-refractivity contribution >= 4 is 23.4 Å². The van der Waals surface area contributed by atoms with E-state index in [2.05, 4.69) is 9.97 Å². The van der Waals surface area contributed by atoms with Gasteiger partial charge in [0.1, 0.15) is 12.3 Å². The van der Waals surface area contributed by atoms with Crippen LogP contribution in [0.1, 0.15) is 23.4 Å². The van der Waals surface area contributed by atoms with Crippen LogP contribution in [-0.2, 0) is 21.9 Å². The lowest BCUT2D eigenvalue weighted by atomic mass is 10.3. The highest BCUT2D eigenvalue weighted by atomic mass is 32.2. The second-order valence-corrected chi connectivity index (χ2v) is 6.91. The number of rotatable bonds is 7. The van der Waals surface area contributed by atoms with E-state index in [0.717, 1.165) is 17.0 Å². The van der Waals surface area contributed by atoms with Gasteiger partial charge in [-0.3, -0.25) is 19.0 Å². The van der Waals surface area contributed by atoms with Crippen molar-refractivity contribution in [3.8, 4) is 0 Å². The average Bonchev–Trinajstić information content (AvgIpc) is 2.65. The molecule has 0 atom stereocenters. The molecular formula is C19H19N3O3S. The normalized spacial score (nSPS) is 10.8. The van der Waals surface area contributed by atoms with Crippen LogP contribution in [0.3, 0.4) is 0 Å². The Balaban J connectivity index is 1.47. The van der Waals surface area contributed by atoms with Crippen molar-refractivity contribution < 1.29 is 9.53 Å². The Morgan fingerprint density at radius 3 is 2.92 bits per heavy atom. The third-order valence-electron chi connectivity index (χ3n) is 3.67. The minimum Gasteiger partial charge on any atom is -0.459 e. The second-order valence-electron chi connectivity index (χ2n) is 5.80. The predicted octanol–water partition coefficient (Wildman–Crippen LogP) is 2.76. The van der Waals surface area contributed by atoms with Gasteiger partial charge in [0.15, 0.2) is 0 Å². The van der Waals surface area contributed by atoms with Gasteiger partial charge in [0.2, 0.25) is 0 Å². The number of hydrogen-bond acceptors (Lipinski definition) is 6. The summed E-state index contributed by atoms with van der Waals surface area (Å²) >= 11 is 1.63. The van der Waals surface area contributed by atoms with Gasteiger partial charge in [-0.05, 0) is 30.7 Å². The molecule has 3 aromatic rings. The SMILES string of the molecule is Cc1ccc2nc(COC(=O)CCSCc3ccccn3)cc(=O)n2c1. The summed E-state index contributed by atoms with van der Waals surface area (Å²) in [7, 11) is 0. The molecule has 0 saturated heterocycles. The molecule has 0 bridgehead atoms. The molecule has 134 valence electrons. The highest BCUT2D eigenvalue weighted by molar-refractivity contribution is 7.98. The summed E-state index contributed by atoms with van der Waals surface area (Å²) in [5.41, 5.74) is 2.77. The first-order chi connectivity index (χ1) is 12.6. The summed E-state index contributed by atoms with van der Waals surface area (Å²) in [6.45, 7) is 1.91. The molecule has 0 spiro atoms. The summed E-state index contributed by atoms with van der Waals surface area (Å²) in [5.74, 6) is 1.11. The lowest BCUT2D eigenvalue weighted by Gasteiger charge is -2.06. The minimum absolute atomic E-state index is 0.00333. The number of carbonyl (C=O) groups excluding carboxylic acids is 1. The Hall–Kier alpha value is -2.67. The molecule has 6 nitrogen and oxygen atoms in total. The monoisotopic (exact) mass is 369 g/mol. The molecule has 0 aromatic carbocycles. The number of hydrogen-bond donors (Lipinski definition) is 0. The van der Waals surface area contributed by atoms with Crippen molar-refractivity contribution in [2.75, 3.05) is 5.75 Å². The summed E-state index contributed by atoms with van der Waals surface area (Å²) in [5, 5.41) is 0. The molecule has 0 saturated carbocycles. The Bertz CT molecular complexity index is 957. The molecule has 7 heteroatoms. The van der Waals surface area contributed by atoms with Gasteiger partial charge in [0.25, 0.3) is 5.56 Å². The van der Waals surface area contributed by atoms with E-state index < -0.39 is 0 Å². The quantitative estimate of drug-likeness (QED) is 0.471. The number of nitrogens with zero attached hydrogens (tertiary/aromatic N) is 3. The number of pyridine rings is 2. The van der Waals surface area contributed by atoms with Gasteiger partial charge < -0.3 is 4.74 Å². The predicted molar refractivity (Wildman–Crippen MR) is 101 cm³/mol. The fourth-order valence-corrected chi connectivity index (χ4v) is 3.21. The number of aryl methyl sites for hydroxylation is 1. The minimum atomic E-state index is -0.301. The molecule has 0 unspecified atom stereocenters. The molecule has 0 aliphatic carbocycles. The van der Waals surface area contributed by atoms with Crippen LogP contribution in [0.15, 0.2) is 53.6 Å². The van der Waals surface area contributed by atoms with Crippen molar-refractivity contribution in [2.45, 2.75) is 25.7 Å². The van der Waals surface area contributed by atoms with Gasteiger partial charge in [-0.15, -0.1) is 0 Å². The third-order valence-corrected chi connectivity index (χ3v) is 4.66. The largest absolute Gasteiger partial charge is 0.459 e. The molecular weight excluding hydrogens is 350 g/mol. The van der Waals surface area contributed by atoms with Crippen LogP contribution in [0.4, 0.5) is 0 Å². The van der Waals surface area contributed by atoms with Crippen LogP contribution >= 0.6 is 11.8 Å². The molecule has 3 rings (SSSR count). The maximum atomic E-state index is 12.1. The Kier molecular flexibility index (Phi) is 6.01. The molecule has 0 radical (unpaired) electrons. The zero-order valence-electron chi connectivity index (χ0n) is 14.4. The molecule has 0 aliphatic heterocycles. The third kappa shape index (κ3) is 4.92. The molecule has 0 fully saturated rings. The van der Waals surface area contributed by atoms with E-state index in [9.17, 15) is 9.59 Å². The van der Waals surface area contributed by atoms with Crippen molar-refractivity contribution in [2.24, 2.45) is 0 Å². The zero-order valence-corrected chi connectivity index (χ0v) is 15.2. The van der Waals surface area contributed by atoms with Gasteiger partial charge in [0, 0.05) is 30.0 Å². The average molecular weight is 369 g/mol. The van der Waals surface area contributed by atoms with Gasteiger partial charge in [-0.1, -0.05) is 12.1 Å². The van der Waals surface area contributed by atoms with E-state index in [1.165, 1.54) is 10.5 Å². The second kappa shape index (κ2) is 8.62. The zero-order chi connectivity index (χ0) is 18.4. The maximum absolute atomic E-state index is 12.1. The summed E-state index contributed by atoms with van der Waals surface area (Å²) in [6.07, 6.45) is 3.80. The van der Waals surface area contributed by atoms with Gasteiger partial charge in [0.05, 0.1) is 17.8 Å². The van der Waals surface area contributed by atoms with Crippen LogP contribution < -0.4 is 5.56 Å². The number of fused-ring (bicyclic) bond motifs is 1. The summed E-state index contributed by atoms with van der Waals surface area (Å²) < 4.78 is 6.71. The molecule has 3 heterocycles. The van der Waals surface area contributed by atoms with E-state index in [0.29, 0.717) is 23.5 Å². The fourth-order valence-electron chi connectivity index (χ4n) is 2.37. The lowest BCUT2D eigenvalue weighted by molar-refractivity contribution is -0.144. The number of thioether (sulfide) groups is 1. The van der Waals surface area contributed by atoms with E-state index in [1.807, 2.05) is 31.2 Å². The lowest BCUT2D eigenvalue weighted by Crippen LogP contribution is -2.17. The summed E-state index contributed by atoms with van der Waals surface area (Å²) in [4.78, 5) is 32.6. The number of ether oxygens (including phenoxy) is 1. The molecule has 3 aromatic heterocycles. The molecule has 26 heavy (non-hydrogen) atoms. The fraction of sp³-hybridized carbons (Fsp3) is 0.263. The topological polar surface area (TPSA) is 73.6 Å². The maximum Gasteiger partial charge on any atom is 0.307 e. The van der Waals surface area contributed by atoms with Crippen molar-refractivity contribution in [3.63, 3.8) is 0 Å². The van der Waals surface area contributed by atoms with Crippen LogP contribution in [0.2, 0.25) is 0 Å². The van der Waals surface area contributed by atoms with Crippen molar-refractivity contribution in [1.29, 1.82) is 0 Å². The van der Waals surface area contributed by atoms with Crippen LogP contribution in [0, 0.1) is 6.92 Å². The van der Waals surface area contributed by atoms with E-state index in [1.54, 1.807) is 30.2 Å². The first-order valence-corrected chi connectivity index (χ1v) is 9.39. The van der Waals surface area contributed by atoms with E-state index in [4.69, 9.17) is 4.74 Å². The molecule has 0 amide bonds. The van der Waals surface area contributed by atoms with E-state index in [-0.39, 0.29) is 18.1 Å². The highest BCUT2D eigenvalue weighted by Crippen LogP contribution is 2.11. The summed E-state index contributed by atoms with van der Waals surface area (Å²) in [6, 6.07) is 10.8. The van der Waals surface area contributed by atoms with E-state index >= 15 is 0 Å². The highest BCUT2D eigenvalue weighted by Gasteiger charge is 2.07. The van der Waals surface area contributed by atoms with Crippen molar-refractivity contribution in [1.82, 2.24) is 14.4 Å². The number of aromatic nitrogens is 3. The van der Waals surface area contributed by atoms with Gasteiger partial charge >= 0.3 is 5.97 Å². The van der Waals surface area contributed by atoms with Crippen LogP contribution in [0.25, 0.3) is 5.65 Å². The first kappa shape index (κ1) is 18.1. The first-order valence-electron chi connectivity index (χ1n) is 8.24.